The maximum atomic E-state index is 5.02. The first kappa shape index (κ1) is 11.6. The van der Waals surface area contributed by atoms with Crippen LogP contribution in [0.3, 0.4) is 0 Å². The van der Waals surface area contributed by atoms with Gasteiger partial charge in [0.25, 0.3) is 0 Å². The van der Waals surface area contributed by atoms with Crippen LogP contribution in [0.1, 0.15) is 5.56 Å². The zero-order valence-corrected chi connectivity index (χ0v) is 9.51. The van der Waals surface area contributed by atoms with Gasteiger partial charge in [-0.15, -0.1) is 0 Å². The number of nitrogens with one attached hydrogen (secondary N) is 3. The number of rotatable bonds is 5. The van der Waals surface area contributed by atoms with Crippen molar-refractivity contribution in [3.05, 3.63) is 18.2 Å². The summed E-state index contributed by atoms with van der Waals surface area (Å²) < 4.78 is 5.02. The highest BCUT2D eigenvalue weighted by Crippen LogP contribution is 2.27. The Morgan fingerprint density at radius 1 is 1.20 bits per heavy atom. The number of methoxy groups -OCH3 is 1. The van der Waals surface area contributed by atoms with E-state index in [-0.39, 0.29) is 0 Å². The second-order valence-corrected chi connectivity index (χ2v) is 2.92. The van der Waals surface area contributed by atoms with E-state index < -0.39 is 0 Å². The topological polar surface area (TPSA) is 58.2 Å². The van der Waals surface area contributed by atoms with Crippen LogP contribution in [-0.4, -0.2) is 33.2 Å². The van der Waals surface area contributed by atoms with Crippen molar-refractivity contribution in [2.24, 2.45) is 0 Å². The highest BCUT2D eigenvalue weighted by Gasteiger charge is 2.10. The van der Waals surface area contributed by atoms with Crippen molar-refractivity contribution >= 4 is 17.3 Å². The molecule has 1 rings (SSSR count). The lowest BCUT2D eigenvalue weighted by Gasteiger charge is -2.14. The zero-order chi connectivity index (χ0) is 11.3. The van der Waals surface area contributed by atoms with Crippen molar-refractivity contribution < 1.29 is 4.74 Å². The molecule has 1 aromatic rings. The van der Waals surface area contributed by atoms with Crippen molar-refractivity contribution in [1.29, 1.82) is 0 Å². The summed E-state index contributed by atoms with van der Waals surface area (Å²) in [7, 11) is 7.14. The van der Waals surface area contributed by atoms with E-state index >= 15 is 0 Å². The van der Waals surface area contributed by atoms with E-state index in [0.717, 1.165) is 22.9 Å². The molecule has 0 bridgehead atoms. The molecule has 0 fully saturated rings. The molecular formula is C10H17N4O. The molecule has 0 saturated carbocycles. The normalized spacial score (nSPS) is 9.87. The molecule has 0 aromatic carbocycles. The lowest BCUT2D eigenvalue weighted by molar-refractivity contribution is 0.293. The first-order valence-corrected chi connectivity index (χ1v) is 4.71. The third kappa shape index (κ3) is 2.50. The monoisotopic (exact) mass is 209 g/mol. The van der Waals surface area contributed by atoms with E-state index in [2.05, 4.69) is 20.9 Å². The number of nitrogens with zero attached hydrogens (tertiary/aromatic N) is 1. The predicted octanol–water partition coefficient (Wildman–Crippen LogP) is 1.36. The Balaban J connectivity index is 3.19. The second-order valence-electron chi connectivity index (χ2n) is 2.92. The van der Waals surface area contributed by atoms with Crippen LogP contribution in [0.25, 0.3) is 0 Å². The van der Waals surface area contributed by atoms with Crippen molar-refractivity contribution in [3.63, 3.8) is 0 Å². The van der Waals surface area contributed by atoms with Gasteiger partial charge in [0.2, 0.25) is 0 Å². The molecule has 1 radical (unpaired) electrons. The molecule has 83 valence electrons. The van der Waals surface area contributed by atoms with Crippen LogP contribution in [0.5, 0.6) is 0 Å². The summed E-state index contributed by atoms with van der Waals surface area (Å²) in [6.45, 7) is 1.66. The molecule has 5 heteroatoms. The highest BCUT2D eigenvalue weighted by molar-refractivity contribution is 5.69. The van der Waals surface area contributed by atoms with Gasteiger partial charge in [-0.3, -0.25) is 0 Å². The molecule has 0 aliphatic rings. The highest BCUT2D eigenvalue weighted by atomic mass is 16.5. The summed E-state index contributed by atoms with van der Waals surface area (Å²) in [5, 5.41) is 9.13. The number of hydrogen-bond donors (Lipinski definition) is 3. The summed E-state index contributed by atoms with van der Waals surface area (Å²) in [6.07, 6.45) is 0. The van der Waals surface area contributed by atoms with Gasteiger partial charge >= 0.3 is 0 Å². The fourth-order valence-corrected chi connectivity index (χ4v) is 1.32. The van der Waals surface area contributed by atoms with Crippen LogP contribution in [0.15, 0.2) is 6.07 Å². The van der Waals surface area contributed by atoms with Gasteiger partial charge in [-0.2, -0.15) is 0 Å². The van der Waals surface area contributed by atoms with Crippen LogP contribution < -0.4 is 16.0 Å². The molecule has 1 heterocycles. The fourth-order valence-electron chi connectivity index (χ4n) is 1.32. The molecule has 0 spiro atoms. The molecule has 0 aliphatic carbocycles. The molecule has 15 heavy (non-hydrogen) atoms. The lowest BCUT2D eigenvalue weighted by Crippen LogP contribution is -2.06. The minimum absolute atomic E-state index is 0.771. The Hall–Kier alpha value is -1.49. The molecule has 0 atom stereocenters. The van der Waals surface area contributed by atoms with Gasteiger partial charge in [-0.25, -0.2) is 4.98 Å². The van der Waals surface area contributed by atoms with Gasteiger partial charge in [0, 0.05) is 45.6 Å². The summed E-state index contributed by atoms with van der Waals surface area (Å²) in [4.78, 5) is 4.36. The zero-order valence-electron chi connectivity index (χ0n) is 9.51. The maximum absolute atomic E-state index is 5.02. The van der Waals surface area contributed by atoms with Crippen molar-refractivity contribution in [2.75, 3.05) is 44.2 Å². The third-order valence-corrected chi connectivity index (χ3v) is 2.06. The number of anilines is 3. The minimum atomic E-state index is 0.771. The molecule has 1 aromatic heterocycles. The average molecular weight is 209 g/mol. The van der Waals surface area contributed by atoms with Crippen LogP contribution in [-0.2, 0) is 4.74 Å². The third-order valence-electron chi connectivity index (χ3n) is 2.06. The van der Waals surface area contributed by atoms with Gasteiger partial charge in [-0.05, 0) is 0 Å². The Kier molecular flexibility index (Phi) is 4.17. The van der Waals surface area contributed by atoms with Gasteiger partial charge in [-0.1, -0.05) is 0 Å². The largest absolute Gasteiger partial charge is 0.388 e. The molecule has 0 amide bonds. The Labute approximate surface area is 90.2 Å². The van der Waals surface area contributed by atoms with Gasteiger partial charge in [0.1, 0.15) is 18.2 Å². The van der Waals surface area contributed by atoms with E-state index in [9.17, 15) is 0 Å². The number of aromatic nitrogens is 1. The van der Waals surface area contributed by atoms with Crippen molar-refractivity contribution in [1.82, 2.24) is 4.98 Å². The Morgan fingerprint density at radius 3 is 2.40 bits per heavy atom. The number of ether oxygens (including phenoxy) is 1. The summed E-state index contributed by atoms with van der Waals surface area (Å²) in [5.74, 6) is 1.57. The quantitative estimate of drug-likeness (QED) is 0.683. The Morgan fingerprint density at radius 2 is 1.93 bits per heavy atom. The van der Waals surface area contributed by atoms with E-state index in [1.807, 2.05) is 27.2 Å². The maximum Gasteiger partial charge on any atom is 0.136 e. The summed E-state index contributed by atoms with van der Waals surface area (Å²) in [5.41, 5.74) is 1.86. The smallest absolute Gasteiger partial charge is 0.136 e. The molecule has 0 saturated heterocycles. The van der Waals surface area contributed by atoms with Crippen LogP contribution in [0, 0.1) is 6.61 Å². The van der Waals surface area contributed by atoms with Crippen LogP contribution in [0.4, 0.5) is 17.3 Å². The molecule has 5 nitrogen and oxygen atoms in total. The lowest BCUT2D eigenvalue weighted by atomic mass is 10.2. The summed E-state index contributed by atoms with van der Waals surface area (Å²) in [6, 6.07) is 1.92. The van der Waals surface area contributed by atoms with Gasteiger partial charge < -0.3 is 20.7 Å². The number of hydrogen-bond acceptors (Lipinski definition) is 5. The molecular weight excluding hydrogens is 192 g/mol. The molecule has 0 unspecified atom stereocenters. The predicted molar refractivity (Wildman–Crippen MR) is 63.3 cm³/mol. The van der Waals surface area contributed by atoms with Crippen molar-refractivity contribution in [2.45, 2.75) is 0 Å². The first-order chi connectivity index (χ1) is 7.26. The van der Waals surface area contributed by atoms with E-state index in [1.165, 1.54) is 0 Å². The summed E-state index contributed by atoms with van der Waals surface area (Å²) >= 11 is 0. The van der Waals surface area contributed by atoms with E-state index in [0.29, 0.717) is 0 Å². The standard InChI is InChI=1S/C10H17N4O/c1-11-8-5-9(12-2)14-10(13-3)7(8)6-15-4/h5-6H,1-4H3,(H3,11,12,13,14). The molecule has 0 aliphatic heterocycles. The second kappa shape index (κ2) is 5.41. The minimum Gasteiger partial charge on any atom is -0.388 e. The number of pyridine rings is 1. The van der Waals surface area contributed by atoms with Crippen molar-refractivity contribution in [3.8, 4) is 0 Å². The van der Waals surface area contributed by atoms with Gasteiger partial charge in [0.05, 0.1) is 0 Å². The molecule has 3 N–H and O–H groups in total. The fraction of sp³-hybridized carbons (Fsp3) is 0.400. The van der Waals surface area contributed by atoms with E-state index in [4.69, 9.17) is 4.74 Å². The van der Waals surface area contributed by atoms with Crippen LogP contribution in [0.2, 0.25) is 0 Å². The van der Waals surface area contributed by atoms with E-state index in [1.54, 1.807) is 13.7 Å². The SMILES string of the molecule is CNc1cc(NC)c([CH]OC)c(NC)n1. The van der Waals surface area contributed by atoms with Gasteiger partial charge in [0.15, 0.2) is 0 Å². The first-order valence-electron chi connectivity index (χ1n) is 4.71. The average Bonchev–Trinajstić information content (AvgIpc) is 2.29. The Bertz CT molecular complexity index is 302. The van der Waals surface area contributed by atoms with Crippen LogP contribution >= 0.6 is 0 Å².